The molecule has 0 aromatic carbocycles. The molecule has 1 aliphatic rings. The minimum absolute atomic E-state index is 0.150. The minimum Gasteiger partial charge on any atom is -0.368 e. The molecule has 0 saturated heterocycles. The lowest BCUT2D eigenvalue weighted by Crippen LogP contribution is -2.28. The first-order chi connectivity index (χ1) is 12.4. The van der Waals surface area contributed by atoms with Gasteiger partial charge in [0, 0.05) is 31.6 Å². The van der Waals surface area contributed by atoms with Crippen molar-refractivity contribution in [2.24, 2.45) is 5.73 Å². The molecule has 9 heteroatoms. The second-order valence-electron chi connectivity index (χ2n) is 6.28. The summed E-state index contributed by atoms with van der Waals surface area (Å²) in [6.45, 7) is 7.84. The predicted molar refractivity (Wildman–Crippen MR) is 99.9 cm³/mol. The maximum Gasteiger partial charge on any atom is 0.268 e. The van der Waals surface area contributed by atoms with Crippen molar-refractivity contribution in [2.75, 3.05) is 35.6 Å². The molecule has 2 aromatic rings. The van der Waals surface area contributed by atoms with Crippen LogP contribution in [0.3, 0.4) is 0 Å². The Hall–Kier alpha value is -3.23. The van der Waals surface area contributed by atoms with Crippen molar-refractivity contribution in [3.05, 3.63) is 41.5 Å². The van der Waals surface area contributed by atoms with E-state index in [0.29, 0.717) is 31.9 Å². The van der Waals surface area contributed by atoms with Gasteiger partial charge >= 0.3 is 0 Å². The van der Waals surface area contributed by atoms with Gasteiger partial charge in [-0.1, -0.05) is 12.2 Å². The smallest absolute Gasteiger partial charge is 0.268 e. The van der Waals surface area contributed by atoms with Gasteiger partial charge in [-0.3, -0.25) is 9.78 Å². The summed E-state index contributed by atoms with van der Waals surface area (Å²) in [5.41, 5.74) is 14.3. The highest BCUT2D eigenvalue weighted by Crippen LogP contribution is 2.24. The van der Waals surface area contributed by atoms with Crippen LogP contribution >= 0.6 is 0 Å². The zero-order valence-corrected chi connectivity index (χ0v) is 14.7. The Labute approximate surface area is 151 Å². The van der Waals surface area contributed by atoms with Crippen LogP contribution < -0.4 is 21.7 Å². The van der Waals surface area contributed by atoms with Crippen molar-refractivity contribution in [3.63, 3.8) is 0 Å². The highest BCUT2D eigenvalue weighted by atomic mass is 16.1. The van der Waals surface area contributed by atoms with Crippen LogP contribution in [0.4, 0.5) is 17.6 Å². The number of nitrogens with two attached hydrogens (primary N) is 2. The Balaban J connectivity index is 1.84. The summed E-state index contributed by atoms with van der Waals surface area (Å²) >= 11 is 0. The van der Waals surface area contributed by atoms with E-state index < -0.39 is 5.91 Å². The number of nitrogen functional groups attached to an aromatic ring is 1. The number of nitrogens with one attached hydrogen (secondary N) is 1. The van der Waals surface area contributed by atoms with Gasteiger partial charge in [0.05, 0.1) is 18.1 Å². The number of primary amides is 1. The number of hydrogen-bond acceptors (Lipinski definition) is 8. The molecule has 0 saturated carbocycles. The van der Waals surface area contributed by atoms with Crippen molar-refractivity contribution in [1.82, 2.24) is 19.9 Å². The number of rotatable bonds is 5. The first-order valence-corrected chi connectivity index (χ1v) is 8.34. The fourth-order valence-electron chi connectivity index (χ4n) is 2.86. The lowest BCUT2D eigenvalue weighted by Gasteiger charge is -2.21. The summed E-state index contributed by atoms with van der Waals surface area (Å²) in [6, 6.07) is 0. The second-order valence-corrected chi connectivity index (χ2v) is 6.28. The Morgan fingerprint density at radius 3 is 2.77 bits per heavy atom. The molecule has 0 unspecified atom stereocenters. The average Bonchev–Trinajstić information content (AvgIpc) is 2.82. The summed E-state index contributed by atoms with van der Waals surface area (Å²) in [5, 5.41) is 3.28. The molecule has 9 nitrogen and oxygen atoms in total. The van der Waals surface area contributed by atoms with Gasteiger partial charge in [0.25, 0.3) is 5.91 Å². The van der Waals surface area contributed by atoms with Gasteiger partial charge in [-0.2, -0.15) is 4.98 Å². The van der Waals surface area contributed by atoms with Gasteiger partial charge in [-0.05, 0) is 13.3 Å². The number of hydrogen-bond donors (Lipinski definition) is 3. The number of amides is 1. The lowest BCUT2D eigenvalue weighted by atomic mass is 10.1. The Morgan fingerprint density at radius 2 is 2.04 bits per heavy atom. The van der Waals surface area contributed by atoms with Crippen molar-refractivity contribution in [3.8, 4) is 0 Å². The van der Waals surface area contributed by atoms with E-state index in [4.69, 9.17) is 11.5 Å². The normalized spacial score (nSPS) is 13.7. The van der Waals surface area contributed by atoms with Crippen molar-refractivity contribution in [1.29, 1.82) is 0 Å². The molecule has 0 fully saturated rings. The van der Waals surface area contributed by atoms with E-state index >= 15 is 0 Å². The van der Waals surface area contributed by atoms with Crippen molar-refractivity contribution >= 4 is 23.5 Å². The van der Waals surface area contributed by atoms with Gasteiger partial charge in [0.2, 0.25) is 5.95 Å². The maximum atomic E-state index is 11.3. The van der Waals surface area contributed by atoms with E-state index in [0.717, 1.165) is 29.1 Å². The third-order valence-corrected chi connectivity index (χ3v) is 4.12. The van der Waals surface area contributed by atoms with Gasteiger partial charge in [0.15, 0.2) is 0 Å². The molecule has 0 aliphatic carbocycles. The zero-order chi connectivity index (χ0) is 18.7. The van der Waals surface area contributed by atoms with Crippen LogP contribution in [0.25, 0.3) is 0 Å². The number of carbonyl (C=O) groups is 1. The second kappa shape index (κ2) is 7.34. The first kappa shape index (κ1) is 17.6. The highest BCUT2D eigenvalue weighted by Gasteiger charge is 2.21. The van der Waals surface area contributed by atoms with E-state index in [2.05, 4.69) is 36.7 Å². The lowest BCUT2D eigenvalue weighted by molar-refractivity contribution is 0.0995. The summed E-state index contributed by atoms with van der Waals surface area (Å²) in [7, 11) is 0. The molecule has 2 aromatic heterocycles. The number of anilines is 3. The van der Waals surface area contributed by atoms with E-state index in [1.165, 1.54) is 6.20 Å². The maximum absolute atomic E-state index is 11.3. The standard InChI is InChI=1S/C17H22N8O/c1-10(2)7-21-16-11-3-5-25(6-4-12(11)23-17(19)24-16)14-9-20-8-13(22-14)15(18)26/h8-9H,1,3-7H2,2H3,(H2,18,26)(H3,19,21,23,24). The van der Waals surface area contributed by atoms with Crippen LogP contribution in [0.2, 0.25) is 0 Å². The third-order valence-electron chi connectivity index (χ3n) is 4.12. The fraction of sp³-hybridized carbons (Fsp3) is 0.353. The van der Waals surface area contributed by atoms with Crippen LogP contribution in [-0.2, 0) is 12.8 Å². The number of carbonyl (C=O) groups excluding carboxylic acids is 1. The third kappa shape index (κ3) is 3.88. The average molecular weight is 354 g/mol. The van der Waals surface area contributed by atoms with E-state index in [1.807, 2.05) is 6.92 Å². The first-order valence-electron chi connectivity index (χ1n) is 8.34. The van der Waals surface area contributed by atoms with Gasteiger partial charge in [-0.25, -0.2) is 9.97 Å². The number of fused-ring (bicyclic) bond motifs is 1. The highest BCUT2D eigenvalue weighted by molar-refractivity contribution is 5.90. The molecule has 0 radical (unpaired) electrons. The monoisotopic (exact) mass is 354 g/mol. The summed E-state index contributed by atoms with van der Waals surface area (Å²) in [5.74, 6) is 1.01. The molecule has 26 heavy (non-hydrogen) atoms. The Morgan fingerprint density at radius 1 is 1.27 bits per heavy atom. The summed E-state index contributed by atoms with van der Waals surface area (Å²) in [4.78, 5) is 30.5. The Kier molecular flexibility index (Phi) is 4.97. The summed E-state index contributed by atoms with van der Waals surface area (Å²) in [6.07, 6.45) is 4.40. The van der Waals surface area contributed by atoms with Crippen LogP contribution in [-0.4, -0.2) is 45.5 Å². The van der Waals surface area contributed by atoms with Crippen LogP contribution in [0, 0.1) is 0 Å². The minimum atomic E-state index is -0.595. The number of aromatic nitrogens is 4. The van der Waals surface area contributed by atoms with E-state index in [1.54, 1.807) is 6.20 Å². The van der Waals surface area contributed by atoms with Crippen molar-refractivity contribution < 1.29 is 4.79 Å². The molecule has 136 valence electrons. The molecule has 0 atom stereocenters. The van der Waals surface area contributed by atoms with Gasteiger partial charge in [0.1, 0.15) is 17.3 Å². The predicted octanol–water partition coefficient (Wildman–Crippen LogP) is 0.541. The fourth-order valence-corrected chi connectivity index (χ4v) is 2.86. The number of nitrogens with zero attached hydrogens (tertiary/aromatic N) is 5. The SMILES string of the molecule is C=C(C)CNc1nc(N)nc2c1CCN(c1cncc(C(N)=O)n1)CC2. The topological polar surface area (TPSA) is 136 Å². The van der Waals surface area contributed by atoms with Crippen molar-refractivity contribution in [2.45, 2.75) is 19.8 Å². The quantitative estimate of drug-likeness (QED) is 0.662. The van der Waals surface area contributed by atoms with Crippen LogP contribution in [0.1, 0.15) is 28.7 Å². The molecular weight excluding hydrogens is 332 g/mol. The summed E-state index contributed by atoms with van der Waals surface area (Å²) < 4.78 is 0. The molecule has 3 rings (SSSR count). The Bertz CT molecular complexity index is 851. The van der Waals surface area contributed by atoms with Crippen LogP contribution in [0.15, 0.2) is 24.5 Å². The molecule has 1 amide bonds. The largest absolute Gasteiger partial charge is 0.368 e. The molecular formula is C17H22N8O. The molecule has 5 N–H and O–H groups in total. The molecule has 3 heterocycles. The van der Waals surface area contributed by atoms with Gasteiger partial charge in [-0.15, -0.1) is 0 Å². The zero-order valence-electron chi connectivity index (χ0n) is 14.7. The van der Waals surface area contributed by atoms with Crippen LogP contribution in [0.5, 0.6) is 0 Å². The molecule has 0 spiro atoms. The van der Waals surface area contributed by atoms with Gasteiger partial charge < -0.3 is 21.7 Å². The van der Waals surface area contributed by atoms with E-state index in [-0.39, 0.29) is 11.6 Å². The molecule has 0 bridgehead atoms. The van der Waals surface area contributed by atoms with E-state index in [9.17, 15) is 4.79 Å². The molecule has 1 aliphatic heterocycles.